The molecule has 0 amide bonds. The number of nitrogens with one attached hydrogen (secondary N) is 1. The summed E-state index contributed by atoms with van der Waals surface area (Å²) in [6.45, 7) is 3.54. The van der Waals surface area contributed by atoms with Gasteiger partial charge in [0.25, 0.3) is 0 Å². The third-order valence-corrected chi connectivity index (χ3v) is 3.49. The molecule has 96 valence electrons. The average Bonchev–Trinajstić information content (AvgIpc) is 2.72. The Morgan fingerprint density at radius 3 is 2.82 bits per heavy atom. The van der Waals surface area contributed by atoms with Crippen LogP contribution in [0.25, 0.3) is 0 Å². The lowest BCUT2D eigenvalue weighted by Crippen LogP contribution is -2.15. The van der Waals surface area contributed by atoms with Crippen molar-refractivity contribution in [3.8, 4) is 0 Å². The van der Waals surface area contributed by atoms with Gasteiger partial charge in [-0.15, -0.1) is 0 Å². The predicted molar refractivity (Wildman–Crippen MR) is 59.1 cm³/mol. The van der Waals surface area contributed by atoms with Gasteiger partial charge in [0.1, 0.15) is 22.9 Å². The summed E-state index contributed by atoms with van der Waals surface area (Å²) in [5.74, 6) is 0. The van der Waals surface area contributed by atoms with Gasteiger partial charge in [-0.25, -0.2) is 4.98 Å². The molecule has 1 aromatic rings. The van der Waals surface area contributed by atoms with Gasteiger partial charge in [0.15, 0.2) is 0 Å². The van der Waals surface area contributed by atoms with Crippen LogP contribution in [-0.2, 0) is 17.5 Å². The van der Waals surface area contributed by atoms with E-state index >= 15 is 0 Å². The topological polar surface area (TPSA) is 64.1 Å². The van der Waals surface area contributed by atoms with Crippen molar-refractivity contribution < 1.29 is 17.7 Å². The Morgan fingerprint density at radius 2 is 2.29 bits per heavy atom. The van der Waals surface area contributed by atoms with Crippen LogP contribution in [0.2, 0.25) is 0 Å². The minimum absolute atomic E-state index is 0.195. The SMILES string of the molecule is CCC(C)[S+]([O-])N=Cc1nc[nH]c1C(F)(F)F. The van der Waals surface area contributed by atoms with Crippen molar-refractivity contribution in [2.75, 3.05) is 0 Å². The third-order valence-electron chi connectivity index (χ3n) is 2.15. The van der Waals surface area contributed by atoms with Gasteiger partial charge < -0.3 is 9.54 Å². The van der Waals surface area contributed by atoms with E-state index in [1.165, 1.54) is 0 Å². The minimum Gasteiger partial charge on any atom is -0.591 e. The maximum Gasteiger partial charge on any atom is 0.433 e. The Bertz CT molecular complexity index is 391. The van der Waals surface area contributed by atoms with Crippen LogP contribution >= 0.6 is 0 Å². The molecule has 0 bridgehead atoms. The number of imidazole rings is 1. The first kappa shape index (κ1) is 14.0. The average molecular weight is 267 g/mol. The second-order valence-electron chi connectivity index (χ2n) is 3.39. The summed E-state index contributed by atoms with van der Waals surface area (Å²) < 4.78 is 52.3. The van der Waals surface area contributed by atoms with Crippen LogP contribution in [-0.4, -0.2) is 26.0 Å². The molecular weight excluding hydrogens is 255 g/mol. The first-order valence-corrected chi connectivity index (χ1v) is 6.08. The Morgan fingerprint density at radius 1 is 1.65 bits per heavy atom. The molecule has 2 unspecified atom stereocenters. The number of aromatic amines is 1. The lowest BCUT2D eigenvalue weighted by molar-refractivity contribution is -0.140. The standard InChI is InChI=1S/C9H12F3N3OS/c1-3-6(2)17(16)15-4-7-8(9(10,11)12)14-5-13-7/h4-6H,3H2,1-2H3,(H,13,14). The van der Waals surface area contributed by atoms with E-state index in [4.69, 9.17) is 0 Å². The van der Waals surface area contributed by atoms with Gasteiger partial charge in [0.05, 0.1) is 17.7 Å². The van der Waals surface area contributed by atoms with Crippen LogP contribution in [0.15, 0.2) is 10.7 Å². The number of nitrogens with zero attached hydrogens (tertiary/aromatic N) is 2. The minimum atomic E-state index is -4.52. The Labute approximate surface area is 99.7 Å². The van der Waals surface area contributed by atoms with Gasteiger partial charge in [-0.2, -0.15) is 13.2 Å². The van der Waals surface area contributed by atoms with Crippen molar-refractivity contribution in [1.29, 1.82) is 0 Å². The van der Waals surface area contributed by atoms with Crippen molar-refractivity contribution in [2.24, 2.45) is 4.40 Å². The molecule has 1 aromatic heterocycles. The molecule has 0 aliphatic carbocycles. The molecular formula is C9H12F3N3OS. The zero-order chi connectivity index (χ0) is 13.1. The number of aromatic nitrogens is 2. The summed E-state index contributed by atoms with van der Waals surface area (Å²) in [7, 11) is 0. The molecule has 0 saturated heterocycles. The number of hydrogen-bond donors (Lipinski definition) is 1. The smallest absolute Gasteiger partial charge is 0.433 e. The van der Waals surface area contributed by atoms with E-state index in [1.54, 1.807) is 6.92 Å². The molecule has 0 fully saturated rings. The van der Waals surface area contributed by atoms with Crippen molar-refractivity contribution in [3.05, 3.63) is 17.7 Å². The monoisotopic (exact) mass is 267 g/mol. The highest BCUT2D eigenvalue weighted by molar-refractivity contribution is 7.90. The first-order valence-electron chi connectivity index (χ1n) is 4.91. The number of rotatable bonds is 4. The van der Waals surface area contributed by atoms with Crippen molar-refractivity contribution >= 4 is 17.6 Å². The zero-order valence-electron chi connectivity index (χ0n) is 9.28. The largest absolute Gasteiger partial charge is 0.591 e. The number of halogens is 3. The van der Waals surface area contributed by atoms with Gasteiger partial charge >= 0.3 is 6.18 Å². The quantitative estimate of drug-likeness (QED) is 0.672. The molecule has 0 spiro atoms. The van der Waals surface area contributed by atoms with Crippen LogP contribution in [0, 0.1) is 0 Å². The molecule has 2 atom stereocenters. The molecule has 0 aliphatic heterocycles. The fourth-order valence-electron chi connectivity index (χ4n) is 0.978. The van der Waals surface area contributed by atoms with Crippen LogP contribution in [0.1, 0.15) is 31.7 Å². The molecule has 0 aromatic carbocycles. The molecule has 0 radical (unpaired) electrons. The lowest BCUT2D eigenvalue weighted by Gasteiger charge is -2.09. The van der Waals surface area contributed by atoms with Gasteiger partial charge in [-0.05, 0) is 13.3 Å². The third kappa shape index (κ3) is 3.74. The Kier molecular flexibility index (Phi) is 4.58. The van der Waals surface area contributed by atoms with E-state index in [9.17, 15) is 17.7 Å². The number of alkyl halides is 3. The molecule has 0 aliphatic rings. The Balaban J connectivity index is 2.82. The van der Waals surface area contributed by atoms with Gasteiger partial charge in [-0.1, -0.05) is 11.3 Å². The number of hydrogen-bond acceptors (Lipinski definition) is 3. The van der Waals surface area contributed by atoms with Crippen molar-refractivity contribution in [1.82, 2.24) is 9.97 Å². The van der Waals surface area contributed by atoms with E-state index in [0.29, 0.717) is 6.42 Å². The second kappa shape index (κ2) is 5.54. The first-order chi connectivity index (χ1) is 7.86. The van der Waals surface area contributed by atoms with E-state index < -0.39 is 23.2 Å². The molecule has 1 rings (SSSR count). The second-order valence-corrected chi connectivity index (χ2v) is 4.96. The highest BCUT2D eigenvalue weighted by Gasteiger charge is 2.35. The Hall–Kier alpha value is -1.02. The highest BCUT2D eigenvalue weighted by Crippen LogP contribution is 2.28. The molecule has 8 heteroatoms. The van der Waals surface area contributed by atoms with Gasteiger partial charge in [-0.3, -0.25) is 0 Å². The fraction of sp³-hybridized carbons (Fsp3) is 0.556. The van der Waals surface area contributed by atoms with Crippen molar-refractivity contribution in [2.45, 2.75) is 31.7 Å². The summed E-state index contributed by atoms with van der Waals surface area (Å²) in [6, 6.07) is 0. The van der Waals surface area contributed by atoms with E-state index in [0.717, 1.165) is 12.5 Å². The van der Waals surface area contributed by atoms with E-state index in [1.807, 2.05) is 11.9 Å². The summed E-state index contributed by atoms with van der Waals surface area (Å²) in [4.78, 5) is 5.47. The van der Waals surface area contributed by atoms with E-state index in [-0.39, 0.29) is 10.9 Å². The highest BCUT2D eigenvalue weighted by atomic mass is 32.2. The van der Waals surface area contributed by atoms with Crippen molar-refractivity contribution in [3.63, 3.8) is 0 Å². The van der Waals surface area contributed by atoms with E-state index in [2.05, 4.69) is 9.38 Å². The van der Waals surface area contributed by atoms with Crippen LogP contribution in [0.3, 0.4) is 0 Å². The predicted octanol–water partition coefficient (Wildman–Crippen LogP) is 2.31. The lowest BCUT2D eigenvalue weighted by atomic mass is 10.3. The fourth-order valence-corrected chi connectivity index (χ4v) is 1.67. The van der Waals surface area contributed by atoms with Gasteiger partial charge in [0.2, 0.25) is 0 Å². The summed E-state index contributed by atoms with van der Waals surface area (Å²) in [5, 5.41) is -0.195. The summed E-state index contributed by atoms with van der Waals surface area (Å²) in [6.07, 6.45) is -2.07. The van der Waals surface area contributed by atoms with Crippen LogP contribution in [0.4, 0.5) is 13.2 Å². The molecule has 4 nitrogen and oxygen atoms in total. The summed E-state index contributed by atoms with van der Waals surface area (Å²) >= 11 is -1.54. The molecule has 1 heterocycles. The van der Waals surface area contributed by atoms with Crippen LogP contribution < -0.4 is 0 Å². The number of H-pyrrole nitrogens is 1. The van der Waals surface area contributed by atoms with Gasteiger partial charge in [0, 0.05) is 0 Å². The molecule has 1 N–H and O–H groups in total. The molecule has 17 heavy (non-hydrogen) atoms. The maximum absolute atomic E-state index is 12.4. The summed E-state index contributed by atoms with van der Waals surface area (Å²) in [5.41, 5.74) is -1.34. The molecule has 0 saturated carbocycles. The normalized spacial score (nSPS) is 16.4. The maximum atomic E-state index is 12.4. The zero-order valence-corrected chi connectivity index (χ0v) is 10.1. The van der Waals surface area contributed by atoms with Crippen LogP contribution in [0.5, 0.6) is 0 Å².